The number of anilines is 1. The van der Waals surface area contributed by atoms with E-state index >= 15 is 0 Å². The molecular formula is C16H26N4O. The molecule has 0 saturated carbocycles. The molecule has 0 atom stereocenters. The summed E-state index contributed by atoms with van der Waals surface area (Å²) in [4.78, 5) is 16.9. The summed E-state index contributed by atoms with van der Waals surface area (Å²) in [6.45, 7) is 9.82. The Morgan fingerprint density at radius 1 is 1.19 bits per heavy atom. The molecule has 0 bridgehead atoms. The first kappa shape index (κ1) is 15.8. The fourth-order valence-corrected chi connectivity index (χ4v) is 2.61. The van der Waals surface area contributed by atoms with E-state index in [9.17, 15) is 4.79 Å². The van der Waals surface area contributed by atoms with Gasteiger partial charge in [-0.3, -0.25) is 9.69 Å². The van der Waals surface area contributed by atoms with E-state index in [1.165, 1.54) is 0 Å². The highest BCUT2D eigenvalue weighted by molar-refractivity contribution is 5.96. The summed E-state index contributed by atoms with van der Waals surface area (Å²) in [7, 11) is 2.14. The highest BCUT2D eigenvalue weighted by Gasteiger charge is 2.14. The lowest BCUT2D eigenvalue weighted by Crippen LogP contribution is -2.46. The van der Waals surface area contributed by atoms with Crippen LogP contribution in [0.1, 0.15) is 21.5 Å². The molecule has 3 N–H and O–H groups in total. The number of likely N-dealkylation sites (N-methyl/N-ethyl adjacent to an activating group) is 1. The van der Waals surface area contributed by atoms with Crippen molar-refractivity contribution in [3.63, 3.8) is 0 Å². The molecule has 0 spiro atoms. The van der Waals surface area contributed by atoms with Crippen LogP contribution in [0.25, 0.3) is 0 Å². The fraction of sp³-hybridized carbons (Fsp3) is 0.562. The van der Waals surface area contributed by atoms with E-state index in [1.807, 2.05) is 19.9 Å². The highest BCUT2D eigenvalue weighted by atomic mass is 16.1. The number of nitrogens with zero attached hydrogens (tertiary/aromatic N) is 2. The van der Waals surface area contributed by atoms with Gasteiger partial charge in [-0.25, -0.2) is 0 Å². The number of nitrogens with one attached hydrogen (secondary N) is 1. The van der Waals surface area contributed by atoms with E-state index in [0.29, 0.717) is 17.8 Å². The Morgan fingerprint density at radius 2 is 1.86 bits per heavy atom. The maximum absolute atomic E-state index is 12.2. The molecular weight excluding hydrogens is 264 g/mol. The molecule has 1 aliphatic heterocycles. The van der Waals surface area contributed by atoms with Crippen LogP contribution in [0.3, 0.4) is 0 Å². The summed E-state index contributed by atoms with van der Waals surface area (Å²) in [6, 6.07) is 3.74. The molecule has 0 aliphatic carbocycles. The van der Waals surface area contributed by atoms with E-state index in [2.05, 4.69) is 22.2 Å². The first-order chi connectivity index (χ1) is 9.97. The molecule has 0 radical (unpaired) electrons. The summed E-state index contributed by atoms with van der Waals surface area (Å²) in [5, 5.41) is 3.00. The number of carbonyl (C=O) groups is 1. The number of amides is 1. The average molecular weight is 290 g/mol. The van der Waals surface area contributed by atoms with Gasteiger partial charge >= 0.3 is 0 Å². The van der Waals surface area contributed by atoms with Crippen LogP contribution in [0.2, 0.25) is 0 Å². The van der Waals surface area contributed by atoms with Crippen LogP contribution in [-0.2, 0) is 0 Å². The van der Waals surface area contributed by atoms with Crippen LogP contribution in [0.4, 0.5) is 5.69 Å². The van der Waals surface area contributed by atoms with Gasteiger partial charge in [-0.15, -0.1) is 0 Å². The second kappa shape index (κ2) is 6.91. The Balaban J connectivity index is 1.83. The maximum atomic E-state index is 12.2. The number of piperazine rings is 1. The lowest BCUT2D eigenvalue weighted by atomic mass is 10.0. The van der Waals surface area contributed by atoms with Crippen molar-refractivity contribution >= 4 is 11.6 Å². The van der Waals surface area contributed by atoms with Gasteiger partial charge in [0.25, 0.3) is 5.91 Å². The van der Waals surface area contributed by atoms with Gasteiger partial charge in [-0.1, -0.05) is 6.07 Å². The van der Waals surface area contributed by atoms with Gasteiger partial charge in [-0.2, -0.15) is 0 Å². The fourth-order valence-electron chi connectivity index (χ4n) is 2.61. The van der Waals surface area contributed by atoms with Crippen molar-refractivity contribution in [1.29, 1.82) is 0 Å². The normalized spacial score (nSPS) is 16.9. The molecule has 1 fully saturated rings. The maximum Gasteiger partial charge on any atom is 0.251 e. The summed E-state index contributed by atoms with van der Waals surface area (Å²) in [5.74, 6) is -0.0340. The molecule has 21 heavy (non-hydrogen) atoms. The first-order valence-electron chi connectivity index (χ1n) is 7.53. The van der Waals surface area contributed by atoms with Crippen LogP contribution in [0, 0.1) is 13.8 Å². The molecule has 5 nitrogen and oxygen atoms in total. The van der Waals surface area contributed by atoms with Crippen LogP contribution >= 0.6 is 0 Å². The van der Waals surface area contributed by atoms with E-state index in [4.69, 9.17) is 5.73 Å². The van der Waals surface area contributed by atoms with Crippen LogP contribution in [0.5, 0.6) is 0 Å². The van der Waals surface area contributed by atoms with E-state index in [0.717, 1.165) is 43.9 Å². The molecule has 1 aliphatic rings. The molecule has 1 amide bonds. The number of carbonyl (C=O) groups excluding carboxylic acids is 1. The third-order valence-corrected chi connectivity index (χ3v) is 4.17. The minimum absolute atomic E-state index is 0.0340. The predicted octanol–water partition coefficient (Wildman–Crippen LogP) is 0.863. The van der Waals surface area contributed by atoms with Gasteiger partial charge in [0.05, 0.1) is 0 Å². The van der Waals surface area contributed by atoms with Crippen LogP contribution in [0.15, 0.2) is 12.1 Å². The third-order valence-electron chi connectivity index (χ3n) is 4.17. The van der Waals surface area contributed by atoms with Gasteiger partial charge in [0.1, 0.15) is 0 Å². The zero-order valence-corrected chi connectivity index (χ0v) is 13.3. The monoisotopic (exact) mass is 290 g/mol. The predicted molar refractivity (Wildman–Crippen MR) is 86.6 cm³/mol. The zero-order chi connectivity index (χ0) is 15.4. The Morgan fingerprint density at radius 3 is 2.52 bits per heavy atom. The lowest BCUT2D eigenvalue weighted by molar-refractivity contribution is 0.0940. The van der Waals surface area contributed by atoms with Crippen LogP contribution < -0.4 is 11.1 Å². The van der Waals surface area contributed by atoms with E-state index in [1.54, 1.807) is 6.07 Å². The molecule has 1 aromatic carbocycles. The quantitative estimate of drug-likeness (QED) is 0.808. The van der Waals surface area contributed by atoms with Crippen molar-refractivity contribution in [2.45, 2.75) is 13.8 Å². The molecule has 1 saturated heterocycles. The van der Waals surface area contributed by atoms with Gasteiger partial charge in [0.2, 0.25) is 0 Å². The number of aryl methyl sites for hydroxylation is 2. The van der Waals surface area contributed by atoms with Gasteiger partial charge < -0.3 is 16.0 Å². The minimum atomic E-state index is -0.0340. The summed E-state index contributed by atoms with van der Waals surface area (Å²) in [5.41, 5.74) is 9.23. The topological polar surface area (TPSA) is 61.6 Å². The van der Waals surface area contributed by atoms with Crippen molar-refractivity contribution in [3.8, 4) is 0 Å². The number of nitrogen functional groups attached to an aromatic ring is 1. The van der Waals surface area contributed by atoms with Crippen molar-refractivity contribution in [2.24, 2.45) is 0 Å². The Kier molecular flexibility index (Phi) is 5.20. The molecule has 5 heteroatoms. The Labute approximate surface area is 127 Å². The summed E-state index contributed by atoms with van der Waals surface area (Å²) < 4.78 is 0. The second-order valence-electron chi connectivity index (χ2n) is 5.92. The molecule has 0 unspecified atom stereocenters. The van der Waals surface area contributed by atoms with Gasteiger partial charge in [-0.05, 0) is 38.1 Å². The Bertz CT molecular complexity index is 507. The van der Waals surface area contributed by atoms with Gasteiger partial charge in [0, 0.05) is 50.5 Å². The van der Waals surface area contributed by atoms with Crippen molar-refractivity contribution in [1.82, 2.24) is 15.1 Å². The number of hydrogen-bond acceptors (Lipinski definition) is 4. The SMILES string of the molecule is Cc1cc(C)c(C(=O)NCCN2CCN(C)CC2)cc1N. The second-order valence-corrected chi connectivity index (χ2v) is 5.92. The average Bonchev–Trinajstić information content (AvgIpc) is 2.45. The minimum Gasteiger partial charge on any atom is -0.398 e. The molecule has 0 aromatic heterocycles. The van der Waals surface area contributed by atoms with Crippen molar-refractivity contribution in [2.75, 3.05) is 52.0 Å². The number of nitrogens with two attached hydrogens (primary N) is 1. The highest BCUT2D eigenvalue weighted by Crippen LogP contribution is 2.17. The van der Waals surface area contributed by atoms with Crippen LogP contribution in [-0.4, -0.2) is 62.0 Å². The lowest BCUT2D eigenvalue weighted by Gasteiger charge is -2.32. The smallest absolute Gasteiger partial charge is 0.251 e. The number of benzene rings is 1. The third kappa shape index (κ3) is 4.19. The molecule has 1 aromatic rings. The molecule has 1 heterocycles. The Hall–Kier alpha value is -1.59. The zero-order valence-electron chi connectivity index (χ0n) is 13.3. The van der Waals surface area contributed by atoms with Gasteiger partial charge in [0.15, 0.2) is 0 Å². The standard InChI is InChI=1S/C16H26N4O/c1-12-10-13(2)15(17)11-14(12)16(21)18-4-5-20-8-6-19(3)7-9-20/h10-11H,4-9,17H2,1-3H3,(H,18,21). The molecule has 116 valence electrons. The number of hydrogen-bond donors (Lipinski definition) is 2. The molecule has 2 rings (SSSR count). The number of rotatable bonds is 4. The summed E-state index contributed by atoms with van der Waals surface area (Å²) >= 11 is 0. The first-order valence-corrected chi connectivity index (χ1v) is 7.53. The van der Waals surface area contributed by atoms with Crippen molar-refractivity contribution in [3.05, 3.63) is 28.8 Å². The largest absolute Gasteiger partial charge is 0.398 e. The van der Waals surface area contributed by atoms with E-state index in [-0.39, 0.29) is 5.91 Å². The van der Waals surface area contributed by atoms with Crippen molar-refractivity contribution < 1.29 is 4.79 Å². The summed E-state index contributed by atoms with van der Waals surface area (Å²) in [6.07, 6.45) is 0. The van der Waals surface area contributed by atoms with E-state index < -0.39 is 0 Å².